The number of hydrogen-bond acceptors (Lipinski definition) is 4. The zero-order chi connectivity index (χ0) is 15.1. The third-order valence-electron chi connectivity index (χ3n) is 4.21. The lowest BCUT2D eigenvalue weighted by molar-refractivity contribution is 0.175. The molecule has 22 heavy (non-hydrogen) atoms. The Kier molecular flexibility index (Phi) is 8.61. The molecule has 126 valence electrons. The van der Waals surface area contributed by atoms with Crippen molar-refractivity contribution >= 4 is 12.4 Å². The van der Waals surface area contributed by atoms with Gasteiger partial charge in [-0.25, -0.2) is 0 Å². The summed E-state index contributed by atoms with van der Waals surface area (Å²) >= 11 is 0. The molecule has 5 heteroatoms. The van der Waals surface area contributed by atoms with Crippen LogP contribution in [-0.4, -0.2) is 45.3 Å². The first kappa shape index (κ1) is 19.1. The van der Waals surface area contributed by atoms with Gasteiger partial charge in [0.2, 0.25) is 0 Å². The average Bonchev–Trinajstić information content (AvgIpc) is 2.53. The molecule has 0 spiro atoms. The highest BCUT2D eigenvalue weighted by atomic mass is 35.5. The smallest absolute Gasteiger partial charge is 0.122 e. The second kappa shape index (κ2) is 9.93. The maximum absolute atomic E-state index is 5.34. The highest BCUT2D eigenvalue weighted by Crippen LogP contribution is 2.25. The predicted octanol–water partition coefficient (Wildman–Crippen LogP) is 2.95. The molecule has 0 aliphatic carbocycles. The maximum Gasteiger partial charge on any atom is 0.122 e. The third-order valence-corrected chi connectivity index (χ3v) is 4.21. The normalized spacial score (nSPS) is 16.1. The van der Waals surface area contributed by atoms with Crippen LogP contribution < -0.4 is 14.8 Å². The van der Waals surface area contributed by atoms with Crippen molar-refractivity contribution in [2.75, 3.05) is 40.4 Å². The number of piperidine rings is 1. The lowest BCUT2D eigenvalue weighted by Crippen LogP contribution is -2.36. The van der Waals surface area contributed by atoms with E-state index in [0.717, 1.165) is 37.1 Å². The van der Waals surface area contributed by atoms with Crippen molar-refractivity contribution in [2.24, 2.45) is 5.92 Å². The van der Waals surface area contributed by atoms with Crippen LogP contribution in [0.5, 0.6) is 11.5 Å². The quantitative estimate of drug-likeness (QED) is 0.834. The number of benzene rings is 1. The topological polar surface area (TPSA) is 33.7 Å². The molecule has 0 bridgehead atoms. The Balaban J connectivity index is 0.00000242. The summed E-state index contributed by atoms with van der Waals surface area (Å²) in [7, 11) is 3.40. The monoisotopic (exact) mass is 328 g/mol. The first-order chi connectivity index (χ1) is 10.2. The van der Waals surface area contributed by atoms with Crippen LogP contribution in [0.3, 0.4) is 0 Å². The number of methoxy groups -OCH3 is 2. The zero-order valence-electron chi connectivity index (χ0n) is 13.9. The molecule has 1 N–H and O–H groups in total. The summed E-state index contributed by atoms with van der Waals surface area (Å²) < 4.78 is 10.7. The van der Waals surface area contributed by atoms with Crippen LogP contribution in [0.2, 0.25) is 0 Å². The van der Waals surface area contributed by atoms with E-state index in [0.29, 0.717) is 0 Å². The third kappa shape index (κ3) is 5.67. The van der Waals surface area contributed by atoms with Crippen molar-refractivity contribution in [2.45, 2.75) is 26.3 Å². The molecule has 0 atom stereocenters. The highest BCUT2D eigenvalue weighted by Gasteiger charge is 2.19. The Morgan fingerprint density at radius 3 is 2.18 bits per heavy atom. The molecule has 0 saturated carbocycles. The van der Waals surface area contributed by atoms with Crippen molar-refractivity contribution in [1.82, 2.24) is 10.2 Å². The molecule has 1 aromatic rings. The van der Waals surface area contributed by atoms with Crippen LogP contribution in [0.25, 0.3) is 0 Å². The summed E-state index contributed by atoms with van der Waals surface area (Å²) in [6.07, 6.45) is 2.57. The van der Waals surface area contributed by atoms with Gasteiger partial charge in [-0.15, -0.1) is 12.4 Å². The molecule has 1 heterocycles. The second-order valence-electron chi connectivity index (χ2n) is 5.75. The lowest BCUT2D eigenvalue weighted by atomic mass is 9.96. The minimum absolute atomic E-state index is 0. The number of nitrogens with one attached hydrogen (secondary N) is 1. The summed E-state index contributed by atoms with van der Waals surface area (Å²) in [6.45, 7) is 7.74. The Labute approximate surface area is 140 Å². The molecule has 0 radical (unpaired) electrons. The summed E-state index contributed by atoms with van der Waals surface area (Å²) in [5.74, 6) is 2.57. The molecule has 0 aromatic heterocycles. The van der Waals surface area contributed by atoms with E-state index >= 15 is 0 Å². The first-order valence-corrected chi connectivity index (χ1v) is 7.90. The molecule has 1 saturated heterocycles. The Hall–Kier alpha value is -0.970. The number of rotatable bonds is 7. The van der Waals surface area contributed by atoms with Crippen LogP contribution in [0.4, 0.5) is 0 Å². The molecule has 1 aromatic carbocycles. The van der Waals surface area contributed by atoms with E-state index in [1.807, 2.05) is 6.07 Å². The van der Waals surface area contributed by atoms with Crippen LogP contribution in [-0.2, 0) is 6.54 Å². The van der Waals surface area contributed by atoms with Crippen LogP contribution >= 0.6 is 12.4 Å². The first-order valence-electron chi connectivity index (χ1n) is 7.90. The van der Waals surface area contributed by atoms with E-state index in [4.69, 9.17) is 9.47 Å². The zero-order valence-corrected chi connectivity index (χ0v) is 14.7. The van der Waals surface area contributed by atoms with Crippen molar-refractivity contribution < 1.29 is 9.47 Å². The summed E-state index contributed by atoms with van der Waals surface area (Å²) in [5.41, 5.74) is 1.26. The second-order valence-corrected chi connectivity index (χ2v) is 5.75. The van der Waals surface area contributed by atoms with Gasteiger partial charge in [-0.05, 0) is 62.6 Å². The van der Waals surface area contributed by atoms with E-state index in [1.165, 1.54) is 31.5 Å². The van der Waals surface area contributed by atoms with Gasteiger partial charge < -0.3 is 14.8 Å². The molecule has 4 nitrogen and oxygen atoms in total. The number of nitrogens with zero attached hydrogens (tertiary/aromatic N) is 1. The van der Waals surface area contributed by atoms with E-state index < -0.39 is 0 Å². The molecular formula is C17H29ClN2O2. The average molecular weight is 329 g/mol. The van der Waals surface area contributed by atoms with Gasteiger partial charge >= 0.3 is 0 Å². The maximum atomic E-state index is 5.34. The van der Waals surface area contributed by atoms with Crippen LogP contribution in [0, 0.1) is 5.92 Å². The van der Waals surface area contributed by atoms with Gasteiger partial charge in [-0.2, -0.15) is 0 Å². The van der Waals surface area contributed by atoms with E-state index in [1.54, 1.807) is 14.2 Å². The van der Waals surface area contributed by atoms with Gasteiger partial charge in [0.15, 0.2) is 0 Å². The SMILES string of the molecule is CCNCC1CCN(Cc2cc(OC)cc(OC)c2)CC1.Cl. The lowest BCUT2D eigenvalue weighted by Gasteiger charge is -2.32. The van der Waals surface area contributed by atoms with Crippen molar-refractivity contribution in [3.63, 3.8) is 0 Å². The Bertz CT molecular complexity index is 412. The number of ether oxygens (including phenoxy) is 2. The summed E-state index contributed by atoms with van der Waals surface area (Å²) in [4.78, 5) is 2.52. The number of hydrogen-bond donors (Lipinski definition) is 1. The number of likely N-dealkylation sites (tertiary alicyclic amines) is 1. The van der Waals surface area contributed by atoms with Crippen LogP contribution in [0.15, 0.2) is 18.2 Å². The summed E-state index contributed by atoms with van der Waals surface area (Å²) in [5, 5.41) is 3.46. The summed E-state index contributed by atoms with van der Waals surface area (Å²) in [6, 6.07) is 6.13. The van der Waals surface area contributed by atoms with E-state index in [-0.39, 0.29) is 12.4 Å². The molecule has 0 unspecified atom stereocenters. The fraction of sp³-hybridized carbons (Fsp3) is 0.647. The van der Waals surface area contributed by atoms with Gasteiger partial charge in [-0.1, -0.05) is 6.92 Å². The van der Waals surface area contributed by atoms with Crippen molar-refractivity contribution in [1.29, 1.82) is 0 Å². The molecular weight excluding hydrogens is 300 g/mol. The van der Waals surface area contributed by atoms with Gasteiger partial charge in [-0.3, -0.25) is 4.90 Å². The minimum Gasteiger partial charge on any atom is -0.497 e. The molecule has 1 aliphatic heterocycles. The van der Waals surface area contributed by atoms with Gasteiger partial charge in [0.1, 0.15) is 11.5 Å². The minimum atomic E-state index is 0. The molecule has 1 aliphatic rings. The fourth-order valence-corrected chi connectivity index (χ4v) is 2.91. The van der Waals surface area contributed by atoms with Gasteiger partial charge in [0.25, 0.3) is 0 Å². The number of halogens is 1. The van der Waals surface area contributed by atoms with Crippen molar-refractivity contribution in [3.8, 4) is 11.5 Å². The fourth-order valence-electron chi connectivity index (χ4n) is 2.91. The predicted molar refractivity (Wildman–Crippen MR) is 93.3 cm³/mol. The molecule has 0 amide bonds. The Morgan fingerprint density at radius 2 is 1.68 bits per heavy atom. The molecule has 1 fully saturated rings. The highest BCUT2D eigenvalue weighted by molar-refractivity contribution is 5.85. The van der Waals surface area contributed by atoms with Crippen molar-refractivity contribution in [3.05, 3.63) is 23.8 Å². The Morgan fingerprint density at radius 1 is 1.09 bits per heavy atom. The van der Waals surface area contributed by atoms with Gasteiger partial charge in [0.05, 0.1) is 14.2 Å². The van der Waals surface area contributed by atoms with E-state index in [9.17, 15) is 0 Å². The standard InChI is InChI=1S/C17H28N2O2.ClH/c1-4-18-12-14-5-7-19(8-6-14)13-15-9-16(20-2)11-17(10-15)21-3;/h9-11,14,18H,4-8,12-13H2,1-3H3;1H. The molecule has 2 rings (SSSR count). The van der Waals surface area contributed by atoms with Crippen LogP contribution in [0.1, 0.15) is 25.3 Å². The van der Waals surface area contributed by atoms with E-state index in [2.05, 4.69) is 29.3 Å². The van der Waals surface area contributed by atoms with Gasteiger partial charge in [0, 0.05) is 12.6 Å². The largest absolute Gasteiger partial charge is 0.497 e.